The van der Waals surface area contributed by atoms with Crippen LogP contribution in [-0.2, 0) is 30.8 Å². The largest absolute Gasteiger partial charge is 0.478 e. The van der Waals surface area contributed by atoms with Crippen molar-refractivity contribution in [3.63, 3.8) is 0 Å². The molecule has 3 N–H and O–H groups in total. The summed E-state index contributed by atoms with van der Waals surface area (Å²) in [5.41, 5.74) is 11.8. The number of halogens is 1. The van der Waals surface area contributed by atoms with E-state index in [1.807, 2.05) is 24.3 Å². The molecule has 0 unspecified atom stereocenters. The number of nitrogen functional groups attached to an aromatic ring is 1. The molecule has 5 aromatic rings. The zero-order valence-electron chi connectivity index (χ0n) is 25.8. The van der Waals surface area contributed by atoms with Crippen LogP contribution in [0.15, 0.2) is 109 Å². The number of carbonyl (C=O) groups excluding carboxylic acids is 1. The Morgan fingerprint density at radius 3 is 1.89 bits per heavy atom. The molecule has 2 aliphatic rings. The normalized spacial score (nSPS) is 14.8. The van der Waals surface area contributed by atoms with Gasteiger partial charge in [-0.25, -0.2) is 4.79 Å². The van der Waals surface area contributed by atoms with E-state index in [0.717, 1.165) is 80.2 Å². The van der Waals surface area contributed by atoms with Gasteiger partial charge in [0.25, 0.3) is 0 Å². The summed E-state index contributed by atoms with van der Waals surface area (Å²) in [6.45, 7) is 5.70. The van der Waals surface area contributed by atoms with E-state index in [1.54, 1.807) is 18.2 Å². The van der Waals surface area contributed by atoms with Crippen molar-refractivity contribution in [3.8, 4) is 0 Å². The molecule has 4 aromatic carbocycles. The number of anilines is 1. The minimum Gasteiger partial charge on any atom is -0.478 e. The van der Waals surface area contributed by atoms with Crippen molar-refractivity contribution < 1.29 is 14.7 Å². The van der Waals surface area contributed by atoms with Gasteiger partial charge in [0.15, 0.2) is 0 Å². The SMILES string of the molecule is Clc1c2c(nc3ccccc13)CCN(Cc1ccccc1)C2.Nc1ccccc1C(=O)O.O=C1CCN(Cc2ccccc2)CC1. The molecule has 0 spiro atoms. The van der Waals surface area contributed by atoms with Crippen LogP contribution in [0.5, 0.6) is 0 Å². The van der Waals surface area contributed by atoms with Crippen LogP contribution in [0.1, 0.15) is 45.6 Å². The number of benzene rings is 4. The first-order chi connectivity index (χ1) is 22.4. The number of carbonyl (C=O) groups is 2. The number of pyridine rings is 1. The number of aromatic carboxylic acids is 1. The number of carboxylic acid groups (broad SMARTS) is 1. The Kier molecular flexibility index (Phi) is 11.5. The van der Waals surface area contributed by atoms with Crippen molar-refractivity contribution >= 4 is 39.9 Å². The van der Waals surface area contributed by atoms with Gasteiger partial charge in [-0.3, -0.25) is 19.6 Å². The lowest BCUT2D eigenvalue weighted by atomic mass is 10.0. The Morgan fingerprint density at radius 1 is 0.739 bits per heavy atom. The van der Waals surface area contributed by atoms with Crippen LogP contribution in [0.3, 0.4) is 0 Å². The molecule has 1 fully saturated rings. The number of ketones is 1. The van der Waals surface area contributed by atoms with Crippen molar-refractivity contribution in [2.24, 2.45) is 0 Å². The summed E-state index contributed by atoms with van der Waals surface area (Å²) in [6.07, 6.45) is 2.42. The molecule has 0 radical (unpaired) electrons. The summed E-state index contributed by atoms with van der Waals surface area (Å²) >= 11 is 6.66. The Labute approximate surface area is 275 Å². The van der Waals surface area contributed by atoms with Gasteiger partial charge < -0.3 is 10.8 Å². The number of fused-ring (bicyclic) bond motifs is 2. The molecule has 8 heteroatoms. The van der Waals surface area contributed by atoms with Crippen LogP contribution in [0.25, 0.3) is 10.9 Å². The summed E-state index contributed by atoms with van der Waals surface area (Å²) in [5, 5.41) is 10.4. The average molecular weight is 635 g/mol. The van der Waals surface area contributed by atoms with Gasteiger partial charge in [0.2, 0.25) is 0 Å². The smallest absolute Gasteiger partial charge is 0.337 e. The number of para-hydroxylation sites is 2. The second-order valence-corrected chi connectivity index (χ2v) is 11.9. The molecule has 46 heavy (non-hydrogen) atoms. The first-order valence-corrected chi connectivity index (χ1v) is 15.9. The van der Waals surface area contributed by atoms with Crippen LogP contribution in [0, 0.1) is 0 Å². The van der Waals surface area contributed by atoms with Gasteiger partial charge in [0.1, 0.15) is 5.78 Å². The first-order valence-electron chi connectivity index (χ1n) is 15.6. The highest BCUT2D eigenvalue weighted by molar-refractivity contribution is 6.36. The fourth-order valence-electron chi connectivity index (χ4n) is 5.66. The summed E-state index contributed by atoms with van der Waals surface area (Å²) in [7, 11) is 0. The van der Waals surface area contributed by atoms with Crippen molar-refractivity contribution in [1.29, 1.82) is 0 Å². The minimum atomic E-state index is -0.988. The van der Waals surface area contributed by atoms with E-state index in [4.69, 9.17) is 27.4 Å². The van der Waals surface area contributed by atoms with E-state index in [1.165, 1.54) is 22.8 Å². The Bertz CT molecular complexity index is 1750. The molecule has 7 rings (SSSR count). The number of nitrogens with zero attached hydrogens (tertiary/aromatic N) is 3. The number of carboxylic acids is 1. The third-order valence-electron chi connectivity index (χ3n) is 8.16. The number of nitrogens with two attached hydrogens (primary N) is 1. The van der Waals surface area contributed by atoms with Crippen LogP contribution >= 0.6 is 11.6 Å². The second-order valence-electron chi connectivity index (χ2n) is 11.5. The monoisotopic (exact) mass is 634 g/mol. The minimum absolute atomic E-state index is 0.155. The van der Waals surface area contributed by atoms with Crippen molar-refractivity contribution in [2.45, 2.75) is 38.9 Å². The molecule has 0 aliphatic carbocycles. The number of aromatic nitrogens is 1. The maximum Gasteiger partial charge on any atom is 0.337 e. The van der Waals surface area contributed by atoms with Gasteiger partial charge >= 0.3 is 5.97 Å². The molecular weight excluding hydrogens is 596 g/mol. The predicted molar refractivity (Wildman–Crippen MR) is 185 cm³/mol. The fraction of sp³-hybridized carbons (Fsp3) is 0.237. The van der Waals surface area contributed by atoms with E-state index >= 15 is 0 Å². The maximum absolute atomic E-state index is 11.0. The highest BCUT2D eigenvalue weighted by Crippen LogP contribution is 2.32. The average Bonchev–Trinajstić information content (AvgIpc) is 3.08. The van der Waals surface area contributed by atoms with Gasteiger partial charge in [0, 0.05) is 80.9 Å². The summed E-state index contributed by atoms with van der Waals surface area (Å²) < 4.78 is 0. The number of piperidine rings is 1. The van der Waals surface area contributed by atoms with Crippen LogP contribution in [-0.4, -0.2) is 51.3 Å². The second kappa shape index (κ2) is 16.1. The number of hydrogen-bond donors (Lipinski definition) is 2. The number of likely N-dealkylation sites (tertiary alicyclic amines) is 1. The van der Waals surface area contributed by atoms with Gasteiger partial charge in [-0.1, -0.05) is 103 Å². The molecule has 2 aliphatic heterocycles. The summed E-state index contributed by atoms with van der Waals surface area (Å²) in [5.74, 6) is -0.576. The summed E-state index contributed by atoms with van der Waals surface area (Å²) in [6, 6.07) is 35.5. The highest BCUT2D eigenvalue weighted by atomic mass is 35.5. The Morgan fingerprint density at radius 2 is 1.28 bits per heavy atom. The Balaban J connectivity index is 0.000000149. The molecule has 236 valence electrons. The standard InChI is InChI=1S/C19H17ClN2.C12H15NO.C7H7NO2/c20-19-15-8-4-5-9-17(15)21-18-10-11-22(13-16(18)19)12-14-6-2-1-3-7-14;14-12-6-8-13(9-7-12)10-11-4-2-1-3-5-11;8-6-4-2-1-3-5(6)7(9)10/h1-9H,10-13H2;1-5H,6-10H2;1-4H,8H2,(H,9,10). The maximum atomic E-state index is 11.0. The number of hydrogen-bond acceptors (Lipinski definition) is 6. The van der Waals surface area contributed by atoms with Crippen LogP contribution in [0.4, 0.5) is 5.69 Å². The molecule has 0 amide bonds. The summed E-state index contributed by atoms with van der Waals surface area (Å²) in [4.78, 5) is 31.0. The fourth-order valence-corrected chi connectivity index (χ4v) is 5.99. The predicted octanol–water partition coefficient (Wildman–Crippen LogP) is 7.27. The molecule has 1 aromatic heterocycles. The molecular formula is C38H39ClN4O3. The van der Waals surface area contributed by atoms with E-state index in [9.17, 15) is 9.59 Å². The molecule has 0 saturated carbocycles. The lowest BCUT2D eigenvalue weighted by Gasteiger charge is -2.29. The molecule has 0 atom stereocenters. The lowest BCUT2D eigenvalue weighted by molar-refractivity contribution is -0.121. The van der Waals surface area contributed by atoms with Crippen molar-refractivity contribution in [3.05, 3.63) is 142 Å². The van der Waals surface area contributed by atoms with E-state index < -0.39 is 5.97 Å². The first kappa shape index (κ1) is 32.8. The van der Waals surface area contributed by atoms with Gasteiger partial charge in [0.05, 0.1) is 16.1 Å². The molecule has 3 heterocycles. The topological polar surface area (TPSA) is 99.8 Å². The van der Waals surface area contributed by atoms with E-state index in [-0.39, 0.29) is 5.56 Å². The van der Waals surface area contributed by atoms with Gasteiger partial charge in [-0.2, -0.15) is 0 Å². The quantitative estimate of drug-likeness (QED) is 0.196. The molecule has 7 nitrogen and oxygen atoms in total. The van der Waals surface area contributed by atoms with Gasteiger partial charge in [-0.15, -0.1) is 0 Å². The third kappa shape index (κ3) is 9.01. The van der Waals surface area contributed by atoms with E-state index in [0.29, 0.717) is 11.5 Å². The van der Waals surface area contributed by atoms with E-state index in [2.05, 4.69) is 70.5 Å². The number of Topliss-reactive ketones (excluding diaryl/α,β-unsaturated/α-hetero) is 1. The molecule has 1 saturated heterocycles. The van der Waals surface area contributed by atoms with Crippen LogP contribution < -0.4 is 5.73 Å². The molecule has 0 bridgehead atoms. The number of rotatable bonds is 5. The van der Waals surface area contributed by atoms with Crippen LogP contribution in [0.2, 0.25) is 5.02 Å². The zero-order chi connectivity index (χ0) is 32.3. The lowest BCUT2D eigenvalue weighted by Crippen LogP contribution is -2.33. The zero-order valence-corrected chi connectivity index (χ0v) is 26.6. The van der Waals surface area contributed by atoms with Crippen molar-refractivity contribution in [1.82, 2.24) is 14.8 Å². The highest BCUT2D eigenvalue weighted by Gasteiger charge is 2.22. The van der Waals surface area contributed by atoms with Gasteiger partial charge in [-0.05, 0) is 29.3 Å². The third-order valence-corrected chi connectivity index (χ3v) is 8.59. The van der Waals surface area contributed by atoms with Crippen molar-refractivity contribution in [2.75, 3.05) is 25.4 Å². The Hall–Kier alpha value is -4.56.